The Morgan fingerprint density at radius 2 is 1.66 bits per heavy atom. The zero-order chi connectivity index (χ0) is 25.0. The van der Waals surface area contributed by atoms with Crippen LogP contribution in [0.3, 0.4) is 0 Å². The van der Waals surface area contributed by atoms with E-state index in [0.717, 1.165) is 11.1 Å². The Hall–Kier alpha value is -3.39. The zero-order valence-electron chi connectivity index (χ0n) is 20.1. The van der Waals surface area contributed by atoms with Gasteiger partial charge in [0, 0.05) is 19.0 Å². The van der Waals surface area contributed by atoms with Crippen LogP contribution >= 0.6 is 0 Å². The smallest absolute Gasteiger partial charge is 0.407 e. The molecule has 2 atom stereocenters. The number of hydrogen-bond acceptors (Lipinski definition) is 5. The van der Waals surface area contributed by atoms with E-state index >= 15 is 0 Å². The van der Waals surface area contributed by atoms with Crippen molar-refractivity contribution < 1.29 is 29.0 Å². The summed E-state index contributed by atoms with van der Waals surface area (Å²) in [5.74, 6) is -1.39. The number of amides is 2. The molecule has 2 aromatic rings. The lowest BCUT2D eigenvalue weighted by Crippen LogP contribution is -2.39. The standard InChI is InChI=1S/C27H32N2O6/c1-27(2,12-24(30)31)16-29-25(32)17-11-18(34-14-17)13-28-26(33)35-15-23-21-9-5-3-7-19(21)20-8-4-6-10-22(20)23/h3-10,17-18,23H,11-16H2,1-2H3,(H,28,33)(H,29,32)(H,30,31). The number of benzene rings is 2. The summed E-state index contributed by atoms with van der Waals surface area (Å²) in [6.07, 6.45) is -0.340. The van der Waals surface area contributed by atoms with Crippen molar-refractivity contribution in [3.05, 3.63) is 59.7 Å². The molecule has 0 aromatic heterocycles. The van der Waals surface area contributed by atoms with E-state index < -0.39 is 17.5 Å². The summed E-state index contributed by atoms with van der Waals surface area (Å²) in [7, 11) is 0. The molecule has 0 radical (unpaired) electrons. The van der Waals surface area contributed by atoms with Gasteiger partial charge in [-0.15, -0.1) is 0 Å². The third-order valence-electron chi connectivity index (χ3n) is 6.64. The second-order valence-corrected chi connectivity index (χ2v) is 10.0. The van der Waals surface area contributed by atoms with Crippen molar-refractivity contribution in [2.75, 3.05) is 26.3 Å². The fraction of sp³-hybridized carbons (Fsp3) is 0.444. The Bertz CT molecular complexity index is 1050. The lowest BCUT2D eigenvalue weighted by molar-refractivity contribution is -0.139. The molecule has 0 spiro atoms. The summed E-state index contributed by atoms with van der Waals surface area (Å²) in [5.41, 5.74) is 4.12. The Kier molecular flexibility index (Phi) is 7.40. The molecular weight excluding hydrogens is 448 g/mol. The van der Waals surface area contributed by atoms with Crippen molar-refractivity contribution in [3.63, 3.8) is 0 Å². The highest BCUT2D eigenvalue weighted by Gasteiger charge is 2.33. The normalized spacial score (nSPS) is 19.0. The number of carboxylic acid groups (broad SMARTS) is 1. The van der Waals surface area contributed by atoms with E-state index in [4.69, 9.17) is 14.6 Å². The van der Waals surface area contributed by atoms with Crippen molar-refractivity contribution in [1.29, 1.82) is 0 Å². The maximum Gasteiger partial charge on any atom is 0.407 e. The molecule has 4 rings (SSSR count). The van der Waals surface area contributed by atoms with Crippen LogP contribution in [0.1, 0.15) is 43.7 Å². The average molecular weight is 481 g/mol. The van der Waals surface area contributed by atoms with Crippen molar-refractivity contribution in [2.24, 2.45) is 11.3 Å². The Morgan fingerprint density at radius 3 is 2.29 bits per heavy atom. The highest BCUT2D eigenvalue weighted by atomic mass is 16.5. The molecule has 186 valence electrons. The number of carbonyl (C=O) groups is 3. The molecular formula is C27H32N2O6. The molecule has 2 aliphatic rings. The van der Waals surface area contributed by atoms with Gasteiger partial charge in [-0.25, -0.2) is 4.79 Å². The van der Waals surface area contributed by atoms with Gasteiger partial charge in [-0.1, -0.05) is 62.4 Å². The molecule has 1 fully saturated rings. The van der Waals surface area contributed by atoms with Crippen molar-refractivity contribution in [1.82, 2.24) is 10.6 Å². The van der Waals surface area contributed by atoms with Crippen LogP contribution in [-0.4, -0.2) is 55.5 Å². The highest BCUT2D eigenvalue weighted by molar-refractivity contribution is 5.80. The minimum absolute atomic E-state index is 0.00525. The average Bonchev–Trinajstić information content (AvgIpc) is 3.42. The molecule has 1 saturated heterocycles. The number of aliphatic carboxylic acids is 1. The van der Waals surface area contributed by atoms with Crippen LogP contribution in [0.25, 0.3) is 11.1 Å². The van der Waals surface area contributed by atoms with Crippen LogP contribution in [0.4, 0.5) is 4.79 Å². The van der Waals surface area contributed by atoms with Gasteiger partial charge in [0.1, 0.15) is 6.61 Å². The Labute approximate surface area is 205 Å². The number of carboxylic acids is 1. The lowest BCUT2D eigenvalue weighted by atomic mass is 9.89. The first-order chi connectivity index (χ1) is 16.7. The minimum atomic E-state index is -0.896. The molecule has 8 heteroatoms. The maximum atomic E-state index is 12.5. The molecule has 2 unspecified atom stereocenters. The third-order valence-corrected chi connectivity index (χ3v) is 6.64. The molecule has 1 heterocycles. The van der Waals surface area contributed by atoms with Gasteiger partial charge in [0.05, 0.1) is 25.0 Å². The number of hydrogen-bond donors (Lipinski definition) is 3. The minimum Gasteiger partial charge on any atom is -0.481 e. The van der Waals surface area contributed by atoms with Crippen LogP contribution in [0, 0.1) is 11.3 Å². The number of carbonyl (C=O) groups excluding carboxylic acids is 2. The first-order valence-corrected chi connectivity index (χ1v) is 11.9. The summed E-state index contributed by atoms with van der Waals surface area (Å²) < 4.78 is 11.2. The van der Waals surface area contributed by atoms with Crippen LogP contribution < -0.4 is 10.6 Å². The second kappa shape index (κ2) is 10.5. The van der Waals surface area contributed by atoms with E-state index in [1.807, 2.05) is 24.3 Å². The summed E-state index contributed by atoms with van der Waals surface area (Å²) in [6, 6.07) is 16.3. The fourth-order valence-corrected chi connectivity index (χ4v) is 4.82. The lowest BCUT2D eigenvalue weighted by Gasteiger charge is -2.23. The molecule has 3 N–H and O–H groups in total. The van der Waals surface area contributed by atoms with Gasteiger partial charge in [0.15, 0.2) is 0 Å². The van der Waals surface area contributed by atoms with Gasteiger partial charge in [0.25, 0.3) is 0 Å². The molecule has 2 aromatic carbocycles. The number of alkyl carbamates (subject to hydrolysis) is 1. The molecule has 1 aliphatic carbocycles. The number of fused-ring (bicyclic) bond motifs is 3. The molecule has 8 nitrogen and oxygen atoms in total. The summed E-state index contributed by atoms with van der Waals surface area (Å²) in [6.45, 7) is 4.63. The van der Waals surface area contributed by atoms with Crippen LogP contribution in [0.5, 0.6) is 0 Å². The van der Waals surface area contributed by atoms with Crippen LogP contribution in [0.2, 0.25) is 0 Å². The highest BCUT2D eigenvalue weighted by Crippen LogP contribution is 2.44. The summed E-state index contributed by atoms with van der Waals surface area (Å²) in [4.78, 5) is 35.8. The van der Waals surface area contributed by atoms with Gasteiger partial charge < -0.3 is 25.2 Å². The molecule has 0 saturated carbocycles. The molecule has 35 heavy (non-hydrogen) atoms. The van der Waals surface area contributed by atoms with Gasteiger partial charge in [-0.2, -0.15) is 0 Å². The third kappa shape index (κ3) is 6.00. The van der Waals surface area contributed by atoms with Crippen molar-refractivity contribution >= 4 is 18.0 Å². The van der Waals surface area contributed by atoms with Gasteiger partial charge in [-0.05, 0) is 34.1 Å². The van der Waals surface area contributed by atoms with E-state index in [9.17, 15) is 14.4 Å². The SMILES string of the molecule is CC(C)(CNC(=O)C1COC(CNC(=O)OCC2c3ccccc3-c3ccccc32)C1)CC(=O)O. The molecule has 0 bridgehead atoms. The van der Waals surface area contributed by atoms with Gasteiger partial charge in [-0.3, -0.25) is 9.59 Å². The van der Waals surface area contributed by atoms with Gasteiger partial charge >= 0.3 is 12.1 Å². The Morgan fingerprint density at radius 1 is 1.03 bits per heavy atom. The van der Waals surface area contributed by atoms with E-state index in [1.165, 1.54) is 11.1 Å². The van der Waals surface area contributed by atoms with Crippen molar-refractivity contribution in [2.45, 2.75) is 38.7 Å². The largest absolute Gasteiger partial charge is 0.481 e. The predicted octanol–water partition coefficient (Wildman–Crippen LogP) is 3.55. The first kappa shape index (κ1) is 24.7. The summed E-state index contributed by atoms with van der Waals surface area (Å²) in [5, 5.41) is 14.6. The van der Waals surface area contributed by atoms with E-state index in [-0.39, 0.29) is 56.6 Å². The first-order valence-electron chi connectivity index (χ1n) is 11.9. The summed E-state index contributed by atoms with van der Waals surface area (Å²) >= 11 is 0. The molecule has 1 aliphatic heterocycles. The van der Waals surface area contributed by atoms with E-state index in [1.54, 1.807) is 13.8 Å². The topological polar surface area (TPSA) is 114 Å². The quantitative estimate of drug-likeness (QED) is 0.506. The fourth-order valence-electron chi connectivity index (χ4n) is 4.82. The van der Waals surface area contributed by atoms with Gasteiger partial charge in [0.2, 0.25) is 5.91 Å². The number of nitrogens with one attached hydrogen (secondary N) is 2. The Balaban J connectivity index is 1.21. The van der Waals surface area contributed by atoms with Crippen LogP contribution in [-0.2, 0) is 19.1 Å². The van der Waals surface area contributed by atoms with Crippen LogP contribution in [0.15, 0.2) is 48.5 Å². The maximum absolute atomic E-state index is 12.5. The number of rotatable bonds is 9. The predicted molar refractivity (Wildman–Crippen MR) is 130 cm³/mol. The molecule has 2 amide bonds. The van der Waals surface area contributed by atoms with Crippen molar-refractivity contribution in [3.8, 4) is 11.1 Å². The monoisotopic (exact) mass is 480 g/mol. The van der Waals surface area contributed by atoms with E-state index in [2.05, 4.69) is 34.9 Å². The second-order valence-electron chi connectivity index (χ2n) is 10.0. The van der Waals surface area contributed by atoms with E-state index in [0.29, 0.717) is 6.42 Å². The zero-order valence-corrected chi connectivity index (χ0v) is 20.1. The number of ether oxygens (including phenoxy) is 2.